The number of ether oxygens (including phenoxy) is 1. The first-order chi connectivity index (χ1) is 17.9. The van der Waals surface area contributed by atoms with E-state index in [0.717, 1.165) is 53.6 Å². The zero-order valence-electron chi connectivity index (χ0n) is 24.3. The molecule has 0 radical (unpaired) electrons. The van der Waals surface area contributed by atoms with Gasteiger partial charge in [0.1, 0.15) is 17.7 Å². The fourth-order valence-electron chi connectivity index (χ4n) is 4.42. The molecule has 38 heavy (non-hydrogen) atoms. The maximum absolute atomic E-state index is 14.0. The second kappa shape index (κ2) is 14.0. The zero-order chi connectivity index (χ0) is 28.5. The molecule has 0 saturated carbocycles. The lowest BCUT2D eigenvalue weighted by molar-refractivity contribution is -0.140. The van der Waals surface area contributed by atoms with E-state index in [1.165, 1.54) is 0 Å². The number of hydrogen-bond acceptors (Lipinski definition) is 4. The zero-order valence-corrected chi connectivity index (χ0v) is 24.3. The number of para-hydroxylation sites is 1. The number of amides is 3. The second-order valence-electron chi connectivity index (χ2n) is 11.0. The van der Waals surface area contributed by atoms with Gasteiger partial charge in [-0.15, -0.1) is 0 Å². The van der Waals surface area contributed by atoms with E-state index in [1.54, 1.807) is 32.6 Å². The first-order valence-electron chi connectivity index (χ1n) is 13.6. The van der Waals surface area contributed by atoms with Crippen molar-refractivity contribution in [2.75, 3.05) is 11.9 Å². The Morgan fingerprint density at radius 3 is 2.08 bits per heavy atom. The molecule has 0 saturated heterocycles. The third-order valence-corrected chi connectivity index (χ3v) is 6.41. The summed E-state index contributed by atoms with van der Waals surface area (Å²) < 4.78 is 5.37. The number of carbonyl (C=O) groups is 3. The lowest BCUT2D eigenvalue weighted by Gasteiger charge is -2.34. The van der Waals surface area contributed by atoms with E-state index in [4.69, 9.17) is 4.74 Å². The van der Waals surface area contributed by atoms with Crippen molar-refractivity contribution in [1.82, 2.24) is 10.2 Å². The van der Waals surface area contributed by atoms with Crippen LogP contribution in [0.4, 0.5) is 10.5 Å². The van der Waals surface area contributed by atoms with Crippen LogP contribution in [0.15, 0.2) is 42.5 Å². The molecule has 7 heteroatoms. The third-order valence-electron chi connectivity index (χ3n) is 6.41. The number of nitrogens with zero attached hydrogens (tertiary/aromatic N) is 1. The molecule has 0 aliphatic heterocycles. The van der Waals surface area contributed by atoms with Crippen LogP contribution >= 0.6 is 0 Å². The highest BCUT2D eigenvalue weighted by atomic mass is 16.6. The highest BCUT2D eigenvalue weighted by Crippen LogP contribution is 2.29. The number of hydrogen-bond donors (Lipinski definition) is 2. The van der Waals surface area contributed by atoms with Crippen LogP contribution in [0.1, 0.15) is 88.6 Å². The van der Waals surface area contributed by atoms with Crippen molar-refractivity contribution in [2.45, 2.75) is 98.8 Å². The van der Waals surface area contributed by atoms with Crippen molar-refractivity contribution >= 4 is 23.6 Å². The van der Waals surface area contributed by atoms with Gasteiger partial charge in [0, 0.05) is 12.2 Å². The standard InChI is InChI=1S/C31H45N3O4/c1-9-10-11-14-20-34(29(36)24(5)32-30(37)38-31(6,7)8)27(25-19-13-12-16-21(25)2)28(35)33-26-22(3)17-15-18-23(26)4/h12-13,15-19,24,27H,9-11,14,20H2,1-8H3,(H,32,37)(H,33,35). The van der Waals surface area contributed by atoms with Gasteiger partial charge in [0.25, 0.3) is 5.91 Å². The van der Waals surface area contributed by atoms with Crippen molar-refractivity contribution in [2.24, 2.45) is 0 Å². The Hall–Kier alpha value is -3.35. The first-order valence-corrected chi connectivity index (χ1v) is 13.6. The Morgan fingerprint density at radius 2 is 1.50 bits per heavy atom. The lowest BCUT2D eigenvalue weighted by Crippen LogP contribution is -2.51. The topological polar surface area (TPSA) is 87.7 Å². The number of rotatable bonds is 11. The first kappa shape index (κ1) is 30.9. The maximum atomic E-state index is 14.0. The fraction of sp³-hybridized carbons (Fsp3) is 0.516. The normalized spacial score (nSPS) is 12.8. The third kappa shape index (κ3) is 8.89. The van der Waals surface area contributed by atoms with Crippen LogP contribution in [0.3, 0.4) is 0 Å². The van der Waals surface area contributed by atoms with E-state index in [0.29, 0.717) is 6.54 Å². The van der Waals surface area contributed by atoms with Crippen molar-refractivity contribution in [1.29, 1.82) is 0 Å². The number of benzene rings is 2. The fourth-order valence-corrected chi connectivity index (χ4v) is 4.42. The predicted octanol–water partition coefficient (Wildman–Crippen LogP) is 6.61. The van der Waals surface area contributed by atoms with Gasteiger partial charge >= 0.3 is 6.09 Å². The summed E-state index contributed by atoms with van der Waals surface area (Å²) in [6.45, 7) is 15.3. The van der Waals surface area contributed by atoms with E-state index < -0.39 is 23.8 Å². The van der Waals surface area contributed by atoms with Crippen LogP contribution in [-0.2, 0) is 14.3 Å². The molecule has 2 aromatic carbocycles. The van der Waals surface area contributed by atoms with E-state index >= 15 is 0 Å². The number of carbonyl (C=O) groups excluding carboxylic acids is 3. The lowest BCUT2D eigenvalue weighted by atomic mass is 9.97. The number of anilines is 1. The van der Waals surface area contributed by atoms with Crippen LogP contribution in [0, 0.1) is 20.8 Å². The van der Waals surface area contributed by atoms with Gasteiger partial charge in [0.15, 0.2) is 0 Å². The molecule has 0 aliphatic carbocycles. The average molecular weight is 524 g/mol. The van der Waals surface area contributed by atoms with Crippen molar-refractivity contribution in [3.63, 3.8) is 0 Å². The van der Waals surface area contributed by atoms with Crippen molar-refractivity contribution in [3.8, 4) is 0 Å². The summed E-state index contributed by atoms with van der Waals surface area (Å²) in [5.41, 5.74) is 3.61. The summed E-state index contributed by atoms with van der Waals surface area (Å²) in [5, 5.41) is 5.77. The Labute approximate surface area is 228 Å². The molecule has 0 spiro atoms. The summed E-state index contributed by atoms with van der Waals surface area (Å²) in [7, 11) is 0. The molecular formula is C31H45N3O4. The highest BCUT2D eigenvalue weighted by Gasteiger charge is 2.35. The predicted molar refractivity (Wildman–Crippen MR) is 153 cm³/mol. The van der Waals surface area contributed by atoms with Gasteiger partial charge in [0.2, 0.25) is 5.91 Å². The van der Waals surface area contributed by atoms with Crippen LogP contribution in [0.25, 0.3) is 0 Å². The van der Waals surface area contributed by atoms with Gasteiger partial charge in [-0.25, -0.2) is 4.79 Å². The molecule has 0 fully saturated rings. The van der Waals surface area contributed by atoms with Crippen molar-refractivity contribution < 1.29 is 19.1 Å². The summed E-state index contributed by atoms with van der Waals surface area (Å²) in [6, 6.07) is 11.7. The number of alkyl carbamates (subject to hydrolysis) is 1. The molecule has 0 aliphatic rings. The molecule has 7 nitrogen and oxygen atoms in total. The van der Waals surface area contributed by atoms with Crippen LogP contribution < -0.4 is 10.6 Å². The van der Waals surface area contributed by atoms with Gasteiger partial charge in [-0.3, -0.25) is 9.59 Å². The van der Waals surface area contributed by atoms with Gasteiger partial charge in [-0.2, -0.15) is 0 Å². The molecule has 0 aromatic heterocycles. The number of unbranched alkanes of at least 4 members (excludes halogenated alkanes) is 3. The van der Waals surface area contributed by atoms with E-state index in [-0.39, 0.29) is 11.8 Å². The molecule has 2 aromatic rings. The molecule has 0 heterocycles. The van der Waals surface area contributed by atoms with Gasteiger partial charge < -0.3 is 20.3 Å². The minimum absolute atomic E-state index is 0.287. The number of nitrogens with one attached hydrogen (secondary N) is 2. The monoisotopic (exact) mass is 523 g/mol. The summed E-state index contributed by atoms with van der Waals surface area (Å²) in [4.78, 5) is 42.0. The molecule has 208 valence electrons. The smallest absolute Gasteiger partial charge is 0.408 e. The van der Waals surface area contributed by atoms with Gasteiger partial charge in [-0.05, 0) is 77.1 Å². The summed E-state index contributed by atoms with van der Waals surface area (Å²) in [5.74, 6) is -0.623. The minimum atomic E-state index is -0.879. The molecule has 3 amide bonds. The SMILES string of the molecule is CCCCCCN(C(=O)C(C)NC(=O)OC(C)(C)C)C(C(=O)Nc1c(C)cccc1C)c1ccccc1C. The second-order valence-corrected chi connectivity index (χ2v) is 11.0. The van der Waals surface area contributed by atoms with Crippen LogP contribution in [0.2, 0.25) is 0 Å². The van der Waals surface area contributed by atoms with Crippen molar-refractivity contribution in [3.05, 3.63) is 64.7 Å². The van der Waals surface area contributed by atoms with Gasteiger partial charge in [0.05, 0.1) is 0 Å². The molecule has 2 unspecified atom stereocenters. The average Bonchev–Trinajstić information content (AvgIpc) is 2.82. The largest absolute Gasteiger partial charge is 0.444 e. The highest BCUT2D eigenvalue weighted by molar-refractivity contribution is 6.00. The maximum Gasteiger partial charge on any atom is 0.408 e. The molecule has 2 rings (SSSR count). The van der Waals surface area contributed by atoms with E-state index in [2.05, 4.69) is 17.6 Å². The minimum Gasteiger partial charge on any atom is -0.444 e. The quantitative estimate of drug-likeness (QED) is 0.324. The van der Waals surface area contributed by atoms with E-state index in [9.17, 15) is 14.4 Å². The van der Waals surface area contributed by atoms with Gasteiger partial charge in [-0.1, -0.05) is 68.7 Å². The van der Waals surface area contributed by atoms with Crippen LogP contribution in [-0.4, -0.2) is 41.0 Å². The molecule has 2 atom stereocenters. The molecular weight excluding hydrogens is 478 g/mol. The molecule has 0 bridgehead atoms. The van der Waals surface area contributed by atoms with E-state index in [1.807, 2.05) is 63.2 Å². The Bertz CT molecular complexity index is 1090. The van der Waals surface area contributed by atoms with Crippen LogP contribution in [0.5, 0.6) is 0 Å². The Balaban J connectivity index is 2.48. The summed E-state index contributed by atoms with van der Waals surface area (Å²) in [6.07, 6.45) is 3.11. The Morgan fingerprint density at radius 1 is 0.895 bits per heavy atom. The summed E-state index contributed by atoms with van der Waals surface area (Å²) >= 11 is 0. The number of aryl methyl sites for hydroxylation is 3. The molecule has 2 N–H and O–H groups in total. The Kier molecular flexibility index (Phi) is 11.4.